The van der Waals surface area contributed by atoms with E-state index in [2.05, 4.69) is 55.5 Å². The summed E-state index contributed by atoms with van der Waals surface area (Å²) in [7, 11) is 0. The lowest BCUT2D eigenvalue weighted by molar-refractivity contribution is 0.347. The fraction of sp³-hybridized carbons (Fsp3) is 0.600. The molecule has 1 fully saturated rings. The van der Waals surface area contributed by atoms with Crippen LogP contribution in [0, 0.1) is 23.3 Å². The standard InChI is InChI=1S/C15H21I/c1-10-4-6-13(7-5-10)14-8-9-15(16)12(3)11(14)2/h8-10,13H,4-7H2,1-3H3. The van der Waals surface area contributed by atoms with Gasteiger partial charge in [0.25, 0.3) is 0 Å². The predicted octanol–water partition coefficient (Wildman–Crippen LogP) is 5.20. The minimum absolute atomic E-state index is 0.826. The van der Waals surface area contributed by atoms with E-state index in [1.165, 1.54) is 40.4 Å². The smallest absolute Gasteiger partial charge is 0.0162 e. The van der Waals surface area contributed by atoms with E-state index >= 15 is 0 Å². The Morgan fingerprint density at radius 3 is 2.25 bits per heavy atom. The summed E-state index contributed by atoms with van der Waals surface area (Å²) >= 11 is 2.44. The molecule has 1 heteroatoms. The van der Waals surface area contributed by atoms with Crippen molar-refractivity contribution in [3.8, 4) is 0 Å². The van der Waals surface area contributed by atoms with Crippen molar-refractivity contribution >= 4 is 22.6 Å². The molecule has 0 aromatic heterocycles. The lowest BCUT2D eigenvalue weighted by atomic mass is 9.78. The van der Waals surface area contributed by atoms with Gasteiger partial charge in [0.15, 0.2) is 0 Å². The van der Waals surface area contributed by atoms with Crippen LogP contribution in [0.15, 0.2) is 12.1 Å². The van der Waals surface area contributed by atoms with Gasteiger partial charge in [0, 0.05) is 3.57 Å². The minimum atomic E-state index is 0.826. The molecule has 1 saturated carbocycles. The van der Waals surface area contributed by atoms with Gasteiger partial charge < -0.3 is 0 Å². The molecule has 1 aromatic carbocycles. The second-order valence-corrected chi connectivity index (χ2v) is 6.51. The average Bonchev–Trinajstić information content (AvgIpc) is 2.28. The molecule has 0 nitrogen and oxygen atoms in total. The van der Waals surface area contributed by atoms with E-state index in [1.54, 1.807) is 5.56 Å². The molecule has 0 amide bonds. The Hall–Kier alpha value is -0.0500. The second-order valence-electron chi connectivity index (χ2n) is 5.34. The maximum absolute atomic E-state index is 2.44. The van der Waals surface area contributed by atoms with Gasteiger partial charge in [0.2, 0.25) is 0 Å². The zero-order valence-corrected chi connectivity index (χ0v) is 12.7. The van der Waals surface area contributed by atoms with Crippen molar-refractivity contribution in [1.82, 2.24) is 0 Å². The molecule has 1 aliphatic carbocycles. The summed E-state index contributed by atoms with van der Waals surface area (Å²) in [6.07, 6.45) is 5.61. The van der Waals surface area contributed by atoms with E-state index < -0.39 is 0 Å². The highest BCUT2D eigenvalue weighted by atomic mass is 127. The average molecular weight is 328 g/mol. The zero-order valence-electron chi connectivity index (χ0n) is 10.5. The Morgan fingerprint density at radius 2 is 1.62 bits per heavy atom. The summed E-state index contributed by atoms with van der Waals surface area (Å²) in [5.74, 6) is 1.77. The van der Waals surface area contributed by atoms with Crippen LogP contribution in [0.5, 0.6) is 0 Å². The normalized spacial score (nSPS) is 25.8. The maximum Gasteiger partial charge on any atom is 0.0162 e. The molecule has 0 saturated heterocycles. The molecule has 0 atom stereocenters. The van der Waals surface area contributed by atoms with Gasteiger partial charge in [-0.2, -0.15) is 0 Å². The summed E-state index contributed by atoms with van der Waals surface area (Å²) in [6.45, 7) is 6.94. The van der Waals surface area contributed by atoms with Gasteiger partial charge in [-0.25, -0.2) is 0 Å². The zero-order chi connectivity index (χ0) is 11.7. The summed E-state index contributed by atoms with van der Waals surface area (Å²) in [6, 6.07) is 4.65. The van der Waals surface area contributed by atoms with Crippen LogP contribution in [-0.4, -0.2) is 0 Å². The summed E-state index contributed by atoms with van der Waals surface area (Å²) in [5.41, 5.74) is 4.63. The third-order valence-corrected chi connectivity index (χ3v) is 5.39. The van der Waals surface area contributed by atoms with Gasteiger partial charge in [-0.05, 0) is 83.9 Å². The molecule has 0 bridgehead atoms. The van der Waals surface area contributed by atoms with E-state index in [0.29, 0.717) is 0 Å². The van der Waals surface area contributed by atoms with Crippen molar-refractivity contribution in [2.75, 3.05) is 0 Å². The molecular formula is C15H21I. The van der Waals surface area contributed by atoms with Crippen molar-refractivity contribution in [1.29, 1.82) is 0 Å². The Bertz CT molecular complexity index is 373. The third-order valence-electron chi connectivity index (χ3n) is 4.22. The lowest BCUT2D eigenvalue weighted by Gasteiger charge is -2.28. The van der Waals surface area contributed by atoms with Crippen LogP contribution in [-0.2, 0) is 0 Å². The number of hydrogen-bond donors (Lipinski definition) is 0. The van der Waals surface area contributed by atoms with Gasteiger partial charge in [-0.15, -0.1) is 0 Å². The quantitative estimate of drug-likeness (QED) is 0.622. The van der Waals surface area contributed by atoms with E-state index in [4.69, 9.17) is 0 Å². The van der Waals surface area contributed by atoms with Gasteiger partial charge >= 0.3 is 0 Å². The van der Waals surface area contributed by atoms with E-state index in [0.717, 1.165) is 11.8 Å². The Balaban J connectivity index is 2.24. The van der Waals surface area contributed by atoms with Crippen LogP contribution in [0.25, 0.3) is 0 Å². The third kappa shape index (κ3) is 2.44. The Morgan fingerprint density at radius 1 is 1.00 bits per heavy atom. The fourth-order valence-electron chi connectivity index (χ4n) is 2.82. The van der Waals surface area contributed by atoms with Crippen LogP contribution < -0.4 is 0 Å². The maximum atomic E-state index is 2.44. The first-order valence-corrected chi connectivity index (χ1v) is 7.43. The van der Waals surface area contributed by atoms with Gasteiger partial charge in [-0.1, -0.05) is 25.8 Å². The van der Waals surface area contributed by atoms with Crippen LogP contribution in [0.3, 0.4) is 0 Å². The SMILES string of the molecule is Cc1c(I)ccc(C2CCC(C)CC2)c1C. The van der Waals surface area contributed by atoms with Crippen molar-refractivity contribution in [2.24, 2.45) is 5.92 Å². The predicted molar refractivity (Wildman–Crippen MR) is 79.0 cm³/mol. The van der Waals surface area contributed by atoms with Gasteiger partial charge in [0.05, 0.1) is 0 Å². The highest BCUT2D eigenvalue weighted by Crippen LogP contribution is 2.37. The monoisotopic (exact) mass is 328 g/mol. The van der Waals surface area contributed by atoms with E-state index in [1.807, 2.05) is 0 Å². The number of halogens is 1. The van der Waals surface area contributed by atoms with Crippen LogP contribution in [0.1, 0.15) is 55.2 Å². The topological polar surface area (TPSA) is 0 Å². The van der Waals surface area contributed by atoms with Crippen LogP contribution in [0.2, 0.25) is 0 Å². The molecular weight excluding hydrogens is 307 g/mol. The molecule has 0 heterocycles. The van der Waals surface area contributed by atoms with Crippen molar-refractivity contribution < 1.29 is 0 Å². The van der Waals surface area contributed by atoms with Crippen molar-refractivity contribution in [3.05, 3.63) is 32.4 Å². The highest BCUT2D eigenvalue weighted by Gasteiger charge is 2.21. The molecule has 2 rings (SSSR count). The summed E-state index contributed by atoms with van der Waals surface area (Å²) in [4.78, 5) is 0. The van der Waals surface area contributed by atoms with Gasteiger partial charge in [0.1, 0.15) is 0 Å². The van der Waals surface area contributed by atoms with E-state index in [9.17, 15) is 0 Å². The lowest BCUT2D eigenvalue weighted by Crippen LogP contribution is -2.12. The Kier molecular flexibility index (Phi) is 3.93. The van der Waals surface area contributed by atoms with E-state index in [-0.39, 0.29) is 0 Å². The minimum Gasteiger partial charge on any atom is -0.0625 e. The number of hydrogen-bond acceptors (Lipinski definition) is 0. The second kappa shape index (κ2) is 5.07. The first-order valence-electron chi connectivity index (χ1n) is 6.35. The molecule has 0 unspecified atom stereocenters. The molecule has 1 aromatic rings. The number of rotatable bonds is 1. The first kappa shape index (κ1) is 12.4. The van der Waals surface area contributed by atoms with Crippen LogP contribution in [0.4, 0.5) is 0 Å². The van der Waals surface area contributed by atoms with Crippen molar-refractivity contribution in [3.63, 3.8) is 0 Å². The summed E-state index contributed by atoms with van der Waals surface area (Å²) in [5, 5.41) is 0. The van der Waals surface area contributed by atoms with Gasteiger partial charge in [-0.3, -0.25) is 0 Å². The molecule has 0 spiro atoms. The van der Waals surface area contributed by atoms with Crippen LogP contribution >= 0.6 is 22.6 Å². The molecule has 16 heavy (non-hydrogen) atoms. The Labute approximate surface area is 113 Å². The molecule has 0 N–H and O–H groups in total. The fourth-order valence-corrected chi connectivity index (χ4v) is 3.41. The molecule has 0 radical (unpaired) electrons. The van der Waals surface area contributed by atoms with Crippen molar-refractivity contribution in [2.45, 2.75) is 52.4 Å². The highest BCUT2D eigenvalue weighted by molar-refractivity contribution is 14.1. The molecule has 88 valence electrons. The number of benzene rings is 1. The summed E-state index contributed by atoms with van der Waals surface area (Å²) < 4.78 is 1.41. The first-order chi connectivity index (χ1) is 7.59. The largest absolute Gasteiger partial charge is 0.0625 e. The molecule has 1 aliphatic rings. The molecule has 0 aliphatic heterocycles.